The number of rotatable bonds is 8. The number of nitrogens with one attached hydrogen (secondary N) is 1. The first kappa shape index (κ1) is 19.0. The quantitative estimate of drug-likeness (QED) is 0.751. The van der Waals surface area contributed by atoms with Gasteiger partial charge in [0.25, 0.3) is 0 Å². The SMILES string of the molecule is CC(C)Oc1ccc(S(=O)(=O)N[C@H](Cc2ccccc2)C(=O)O)cc1. The summed E-state index contributed by atoms with van der Waals surface area (Å²) >= 11 is 0. The van der Waals surface area contributed by atoms with E-state index in [9.17, 15) is 18.3 Å². The Kier molecular flexibility index (Phi) is 6.17. The Morgan fingerprint density at radius 3 is 2.20 bits per heavy atom. The summed E-state index contributed by atoms with van der Waals surface area (Å²) in [6.07, 6.45) is 0.0343. The lowest BCUT2D eigenvalue weighted by atomic mass is 10.1. The van der Waals surface area contributed by atoms with E-state index in [1.54, 1.807) is 36.4 Å². The lowest BCUT2D eigenvalue weighted by molar-refractivity contribution is -0.138. The number of carboxylic acid groups (broad SMARTS) is 1. The number of sulfonamides is 1. The zero-order valence-corrected chi connectivity index (χ0v) is 14.9. The highest BCUT2D eigenvalue weighted by Crippen LogP contribution is 2.18. The van der Waals surface area contributed by atoms with Crippen LogP contribution in [0, 0.1) is 0 Å². The minimum Gasteiger partial charge on any atom is -0.491 e. The fraction of sp³-hybridized carbons (Fsp3) is 0.278. The largest absolute Gasteiger partial charge is 0.491 e. The average molecular weight is 363 g/mol. The molecule has 0 radical (unpaired) electrons. The maximum atomic E-state index is 12.5. The van der Waals surface area contributed by atoms with Crippen molar-refractivity contribution >= 4 is 16.0 Å². The summed E-state index contributed by atoms with van der Waals surface area (Å²) in [7, 11) is -3.96. The van der Waals surface area contributed by atoms with Crippen molar-refractivity contribution in [1.82, 2.24) is 4.72 Å². The van der Waals surface area contributed by atoms with Crippen molar-refractivity contribution in [1.29, 1.82) is 0 Å². The molecule has 2 aromatic carbocycles. The van der Waals surface area contributed by atoms with E-state index in [0.29, 0.717) is 5.75 Å². The Morgan fingerprint density at radius 2 is 1.68 bits per heavy atom. The van der Waals surface area contributed by atoms with Gasteiger partial charge in [0.1, 0.15) is 11.8 Å². The second-order valence-corrected chi connectivity index (χ2v) is 7.55. The van der Waals surface area contributed by atoms with Crippen molar-refractivity contribution in [3.05, 3.63) is 60.2 Å². The van der Waals surface area contributed by atoms with Gasteiger partial charge in [-0.25, -0.2) is 8.42 Å². The third-order valence-corrected chi connectivity index (χ3v) is 4.87. The van der Waals surface area contributed by atoms with Crippen molar-refractivity contribution < 1.29 is 23.1 Å². The molecule has 0 heterocycles. The number of hydrogen-bond donors (Lipinski definition) is 2. The molecule has 0 aromatic heterocycles. The van der Waals surface area contributed by atoms with Crippen LogP contribution in [0.3, 0.4) is 0 Å². The van der Waals surface area contributed by atoms with Crippen LogP contribution in [0.5, 0.6) is 5.75 Å². The van der Waals surface area contributed by atoms with Crippen molar-refractivity contribution in [3.8, 4) is 5.75 Å². The Balaban J connectivity index is 2.15. The van der Waals surface area contributed by atoms with Gasteiger partial charge in [-0.2, -0.15) is 4.72 Å². The molecule has 0 aliphatic heterocycles. The normalized spacial score (nSPS) is 12.8. The van der Waals surface area contributed by atoms with Gasteiger partial charge >= 0.3 is 5.97 Å². The minimum absolute atomic E-state index is 0.0112. The monoisotopic (exact) mass is 363 g/mol. The molecule has 0 saturated carbocycles. The van der Waals surface area contributed by atoms with Gasteiger partial charge < -0.3 is 9.84 Å². The molecule has 0 aliphatic rings. The maximum absolute atomic E-state index is 12.5. The van der Waals surface area contributed by atoms with E-state index in [1.165, 1.54) is 12.1 Å². The number of carbonyl (C=O) groups is 1. The van der Waals surface area contributed by atoms with Crippen LogP contribution in [-0.2, 0) is 21.2 Å². The molecule has 0 spiro atoms. The molecule has 0 fully saturated rings. The Bertz CT molecular complexity index is 801. The van der Waals surface area contributed by atoms with E-state index in [1.807, 2.05) is 19.9 Å². The predicted molar refractivity (Wildman–Crippen MR) is 94.1 cm³/mol. The molecule has 0 saturated heterocycles. The van der Waals surface area contributed by atoms with Crippen molar-refractivity contribution in [2.75, 3.05) is 0 Å². The number of carboxylic acids is 1. The first-order chi connectivity index (χ1) is 11.8. The highest BCUT2D eigenvalue weighted by atomic mass is 32.2. The van der Waals surface area contributed by atoms with Crippen LogP contribution in [0.4, 0.5) is 0 Å². The topological polar surface area (TPSA) is 92.7 Å². The van der Waals surface area contributed by atoms with Crippen molar-refractivity contribution in [2.45, 2.75) is 37.3 Å². The Hall–Kier alpha value is -2.38. The molecule has 0 bridgehead atoms. The molecule has 25 heavy (non-hydrogen) atoms. The van der Waals surface area contributed by atoms with Gasteiger partial charge in [0.15, 0.2) is 0 Å². The third-order valence-electron chi connectivity index (χ3n) is 3.38. The molecule has 1 atom stereocenters. The summed E-state index contributed by atoms with van der Waals surface area (Å²) in [6, 6.07) is 13.5. The summed E-state index contributed by atoms with van der Waals surface area (Å²) in [4.78, 5) is 11.4. The molecular formula is C18H21NO5S. The van der Waals surface area contributed by atoms with Gasteiger partial charge in [-0.15, -0.1) is 0 Å². The second-order valence-electron chi connectivity index (χ2n) is 5.84. The predicted octanol–water partition coefficient (Wildman–Crippen LogP) is 2.45. The average Bonchev–Trinajstić information content (AvgIpc) is 2.55. The summed E-state index contributed by atoms with van der Waals surface area (Å²) in [5.74, 6) is -0.680. The van der Waals surface area contributed by atoms with E-state index in [-0.39, 0.29) is 17.4 Å². The van der Waals surface area contributed by atoms with Crippen LogP contribution in [0.1, 0.15) is 19.4 Å². The number of hydrogen-bond acceptors (Lipinski definition) is 4. The van der Waals surface area contributed by atoms with Crippen LogP contribution < -0.4 is 9.46 Å². The lowest BCUT2D eigenvalue weighted by Gasteiger charge is -2.15. The fourth-order valence-electron chi connectivity index (χ4n) is 2.25. The van der Waals surface area contributed by atoms with E-state index in [2.05, 4.69) is 4.72 Å². The fourth-order valence-corrected chi connectivity index (χ4v) is 3.44. The van der Waals surface area contributed by atoms with E-state index < -0.39 is 22.0 Å². The highest BCUT2D eigenvalue weighted by Gasteiger charge is 2.25. The molecule has 6 nitrogen and oxygen atoms in total. The van der Waals surface area contributed by atoms with Gasteiger partial charge in [-0.3, -0.25) is 4.79 Å². The third kappa shape index (κ3) is 5.58. The van der Waals surface area contributed by atoms with Crippen LogP contribution in [0.25, 0.3) is 0 Å². The van der Waals surface area contributed by atoms with Crippen LogP contribution in [0.15, 0.2) is 59.5 Å². The van der Waals surface area contributed by atoms with Crippen molar-refractivity contribution in [3.63, 3.8) is 0 Å². The first-order valence-corrected chi connectivity index (χ1v) is 9.32. The highest BCUT2D eigenvalue weighted by molar-refractivity contribution is 7.89. The smallest absolute Gasteiger partial charge is 0.322 e. The molecule has 2 aromatic rings. The van der Waals surface area contributed by atoms with Crippen LogP contribution in [0.2, 0.25) is 0 Å². The standard InChI is InChI=1S/C18H21NO5S/c1-13(2)24-15-8-10-16(11-9-15)25(22,23)19-17(18(20)21)12-14-6-4-3-5-7-14/h3-11,13,17,19H,12H2,1-2H3,(H,20,21)/t17-/m1/s1. The second kappa shape index (κ2) is 8.13. The van der Waals surface area contributed by atoms with Crippen LogP contribution >= 0.6 is 0 Å². The number of benzene rings is 2. The van der Waals surface area contributed by atoms with Gasteiger partial charge in [0.05, 0.1) is 11.0 Å². The molecule has 134 valence electrons. The maximum Gasteiger partial charge on any atom is 0.322 e. The summed E-state index contributed by atoms with van der Waals surface area (Å²) < 4.78 is 32.6. The van der Waals surface area contributed by atoms with Crippen LogP contribution in [-0.4, -0.2) is 31.6 Å². The molecule has 0 unspecified atom stereocenters. The lowest BCUT2D eigenvalue weighted by Crippen LogP contribution is -2.42. The molecule has 0 aliphatic carbocycles. The van der Waals surface area contributed by atoms with E-state index in [4.69, 9.17) is 4.74 Å². The zero-order valence-electron chi connectivity index (χ0n) is 14.0. The Morgan fingerprint density at radius 1 is 1.08 bits per heavy atom. The van der Waals surface area contributed by atoms with E-state index >= 15 is 0 Å². The summed E-state index contributed by atoms with van der Waals surface area (Å²) in [5, 5.41) is 9.34. The number of ether oxygens (including phenoxy) is 1. The molecule has 0 amide bonds. The number of aliphatic carboxylic acids is 1. The first-order valence-electron chi connectivity index (χ1n) is 7.84. The molecule has 2 N–H and O–H groups in total. The van der Waals surface area contributed by atoms with E-state index in [0.717, 1.165) is 5.56 Å². The van der Waals surface area contributed by atoms with Gasteiger partial charge in [0.2, 0.25) is 10.0 Å². The van der Waals surface area contributed by atoms with Gasteiger partial charge in [0, 0.05) is 0 Å². The summed E-state index contributed by atoms with van der Waals surface area (Å²) in [5.41, 5.74) is 0.735. The molecule has 7 heteroatoms. The molecular weight excluding hydrogens is 342 g/mol. The molecule has 2 rings (SSSR count). The summed E-state index contributed by atoms with van der Waals surface area (Å²) in [6.45, 7) is 3.74. The minimum atomic E-state index is -3.96. The van der Waals surface area contributed by atoms with Gasteiger partial charge in [-0.1, -0.05) is 30.3 Å². The zero-order chi connectivity index (χ0) is 18.4. The van der Waals surface area contributed by atoms with Gasteiger partial charge in [-0.05, 0) is 50.1 Å². The van der Waals surface area contributed by atoms with Crippen molar-refractivity contribution in [2.24, 2.45) is 0 Å². The Labute approximate surface area is 147 Å².